The van der Waals surface area contributed by atoms with Crippen LogP contribution in [0.1, 0.15) is 66.2 Å². The second-order valence-corrected chi connectivity index (χ2v) is 6.28. The molecule has 1 saturated heterocycles. The average molecular weight is 306 g/mol. The summed E-state index contributed by atoms with van der Waals surface area (Å²) in [6, 6.07) is 0. The van der Waals surface area contributed by atoms with Crippen LogP contribution in [0.2, 0.25) is 0 Å². The molecule has 0 spiro atoms. The molecular formula is C21H39N. The van der Waals surface area contributed by atoms with Crippen molar-refractivity contribution in [3.63, 3.8) is 0 Å². The van der Waals surface area contributed by atoms with E-state index in [1.165, 1.54) is 70.2 Å². The highest BCUT2D eigenvalue weighted by Gasteiger charge is 2.23. The quantitative estimate of drug-likeness (QED) is 0.525. The fraction of sp³-hybridized carbons (Fsp3) is 0.714. The van der Waals surface area contributed by atoms with Crippen molar-refractivity contribution >= 4 is 0 Å². The Morgan fingerprint density at radius 1 is 1.00 bits per heavy atom. The van der Waals surface area contributed by atoms with Crippen molar-refractivity contribution < 1.29 is 0 Å². The Hall–Kier alpha value is -0.820. The zero-order chi connectivity index (χ0) is 15.5. The molecule has 0 bridgehead atoms. The number of nitrogens with zero attached hydrogens (tertiary/aromatic N) is 1. The molecule has 1 nitrogen and oxygen atoms in total. The van der Waals surface area contributed by atoms with Gasteiger partial charge in [-0.05, 0) is 62.6 Å². The summed E-state index contributed by atoms with van der Waals surface area (Å²) in [6.07, 6.45) is 15.8. The Labute approximate surface area is 140 Å². The minimum Gasteiger partial charge on any atom is -0.303 e. The maximum atomic E-state index is 3.90. The Morgan fingerprint density at radius 3 is 2.09 bits per heavy atom. The maximum absolute atomic E-state index is 3.90. The first-order valence-corrected chi connectivity index (χ1v) is 8.98. The van der Waals surface area contributed by atoms with E-state index in [4.69, 9.17) is 0 Å². The van der Waals surface area contributed by atoms with E-state index in [0.717, 1.165) is 11.8 Å². The van der Waals surface area contributed by atoms with Crippen LogP contribution in [-0.4, -0.2) is 24.5 Å². The molecule has 1 aliphatic heterocycles. The van der Waals surface area contributed by atoms with Gasteiger partial charge in [-0.3, -0.25) is 0 Å². The Bertz CT molecular complexity index is 315. The number of hydrogen-bond donors (Lipinski definition) is 0. The van der Waals surface area contributed by atoms with Gasteiger partial charge in [0.15, 0.2) is 0 Å². The third-order valence-corrected chi connectivity index (χ3v) is 4.82. The van der Waals surface area contributed by atoms with Crippen LogP contribution in [0.25, 0.3) is 0 Å². The fourth-order valence-electron chi connectivity index (χ4n) is 3.64. The number of likely N-dealkylation sites (tertiary alicyclic amines) is 1. The summed E-state index contributed by atoms with van der Waals surface area (Å²) in [5.41, 5.74) is 1.35. The van der Waals surface area contributed by atoms with Gasteiger partial charge in [0.25, 0.3) is 0 Å². The zero-order valence-corrected chi connectivity index (χ0v) is 14.3. The molecule has 2 fully saturated rings. The monoisotopic (exact) mass is 305 g/mol. The lowest BCUT2D eigenvalue weighted by Crippen LogP contribution is -2.36. The predicted octanol–water partition coefficient (Wildman–Crippen LogP) is 6.24. The van der Waals surface area contributed by atoms with Gasteiger partial charge in [0.2, 0.25) is 0 Å². The summed E-state index contributed by atoms with van der Waals surface area (Å²) in [4.78, 5) is 2.71. The van der Waals surface area contributed by atoms with Crippen LogP contribution >= 0.6 is 0 Å². The summed E-state index contributed by atoms with van der Waals surface area (Å²) in [7, 11) is 0. The molecule has 1 heterocycles. The summed E-state index contributed by atoms with van der Waals surface area (Å²) in [6.45, 7) is 15.7. The second-order valence-electron chi connectivity index (χ2n) is 6.28. The van der Waals surface area contributed by atoms with E-state index in [2.05, 4.69) is 24.1 Å². The molecule has 0 atom stereocenters. The highest BCUT2D eigenvalue weighted by Crippen LogP contribution is 2.29. The molecule has 0 unspecified atom stereocenters. The van der Waals surface area contributed by atoms with E-state index in [1.54, 1.807) is 0 Å². The van der Waals surface area contributed by atoms with E-state index >= 15 is 0 Å². The van der Waals surface area contributed by atoms with E-state index in [1.807, 2.05) is 26.0 Å². The number of rotatable bonds is 6. The van der Waals surface area contributed by atoms with Crippen molar-refractivity contribution in [2.45, 2.75) is 66.2 Å². The molecule has 1 heteroatoms. The molecule has 128 valence electrons. The van der Waals surface area contributed by atoms with Crippen LogP contribution in [0.3, 0.4) is 0 Å². The molecule has 0 aromatic heterocycles. The van der Waals surface area contributed by atoms with E-state index in [9.17, 15) is 0 Å². The maximum Gasteiger partial charge on any atom is 0.000966 e. The predicted molar refractivity (Wildman–Crippen MR) is 102 cm³/mol. The molecule has 0 aromatic rings. The third-order valence-electron chi connectivity index (χ3n) is 4.82. The van der Waals surface area contributed by atoms with Gasteiger partial charge in [-0.2, -0.15) is 0 Å². The first-order chi connectivity index (χ1) is 10.3. The van der Waals surface area contributed by atoms with Gasteiger partial charge >= 0.3 is 0 Å². The van der Waals surface area contributed by atoms with Crippen molar-refractivity contribution in [2.24, 2.45) is 11.8 Å². The number of allylic oxidation sites excluding steroid dienone is 4. The molecule has 2 aliphatic rings. The molecule has 22 heavy (non-hydrogen) atoms. The zero-order valence-electron chi connectivity index (χ0n) is 14.3. The van der Waals surface area contributed by atoms with Crippen LogP contribution in [0, 0.1) is 11.8 Å². The normalized spacial score (nSPS) is 20.7. The van der Waals surface area contributed by atoms with Crippen molar-refractivity contribution in [3.05, 3.63) is 37.0 Å². The van der Waals surface area contributed by atoms with Gasteiger partial charge in [-0.25, -0.2) is 0 Å². The standard InChI is InChI=1S/C18H29N.C2H6.CH4/c1-3-7-16(4-2)14-17-10-12-19(13-11-17)15-18-8-5-6-9-18;1-2;/h3-4,7,17-18H,1-2,5-6,8-15H2;1-2H3;1H4/b16-7+;;. The van der Waals surface area contributed by atoms with Crippen LogP contribution in [-0.2, 0) is 0 Å². The molecule has 0 N–H and O–H groups in total. The van der Waals surface area contributed by atoms with Gasteiger partial charge in [0.1, 0.15) is 0 Å². The molecule has 1 aliphatic carbocycles. The Balaban J connectivity index is 0.00000141. The summed E-state index contributed by atoms with van der Waals surface area (Å²) >= 11 is 0. The Kier molecular flexibility index (Phi) is 12.2. The highest BCUT2D eigenvalue weighted by atomic mass is 15.1. The van der Waals surface area contributed by atoms with Gasteiger partial charge in [-0.15, -0.1) is 0 Å². The van der Waals surface area contributed by atoms with Crippen molar-refractivity contribution in [2.75, 3.05) is 19.6 Å². The van der Waals surface area contributed by atoms with Crippen LogP contribution in [0.5, 0.6) is 0 Å². The minimum absolute atomic E-state index is 0. The van der Waals surface area contributed by atoms with Gasteiger partial charge in [0.05, 0.1) is 0 Å². The molecule has 0 amide bonds. The Morgan fingerprint density at radius 2 is 1.59 bits per heavy atom. The number of hydrogen-bond acceptors (Lipinski definition) is 1. The van der Waals surface area contributed by atoms with Crippen LogP contribution in [0.4, 0.5) is 0 Å². The summed E-state index contributed by atoms with van der Waals surface area (Å²) < 4.78 is 0. The van der Waals surface area contributed by atoms with Gasteiger partial charge in [-0.1, -0.05) is 65.5 Å². The molecule has 2 rings (SSSR count). The molecule has 1 saturated carbocycles. The topological polar surface area (TPSA) is 3.24 Å². The summed E-state index contributed by atoms with van der Waals surface area (Å²) in [5.74, 6) is 1.85. The fourth-order valence-corrected chi connectivity index (χ4v) is 3.64. The summed E-state index contributed by atoms with van der Waals surface area (Å²) in [5, 5.41) is 0. The van der Waals surface area contributed by atoms with E-state index < -0.39 is 0 Å². The second kappa shape index (κ2) is 12.7. The van der Waals surface area contributed by atoms with Crippen molar-refractivity contribution in [1.82, 2.24) is 4.90 Å². The first kappa shape index (κ1) is 21.2. The smallest absolute Gasteiger partial charge is 0.000966 e. The lowest BCUT2D eigenvalue weighted by atomic mass is 9.89. The third kappa shape index (κ3) is 7.45. The largest absolute Gasteiger partial charge is 0.303 e. The van der Waals surface area contributed by atoms with E-state index in [-0.39, 0.29) is 7.43 Å². The first-order valence-electron chi connectivity index (χ1n) is 8.98. The van der Waals surface area contributed by atoms with Crippen molar-refractivity contribution in [3.8, 4) is 0 Å². The number of piperidine rings is 1. The van der Waals surface area contributed by atoms with E-state index in [0.29, 0.717) is 0 Å². The van der Waals surface area contributed by atoms with Crippen molar-refractivity contribution in [1.29, 1.82) is 0 Å². The average Bonchev–Trinajstić information content (AvgIpc) is 3.03. The molecular weight excluding hydrogens is 266 g/mol. The lowest BCUT2D eigenvalue weighted by Gasteiger charge is -2.33. The van der Waals surface area contributed by atoms with Gasteiger partial charge < -0.3 is 4.90 Å². The van der Waals surface area contributed by atoms with Gasteiger partial charge in [0, 0.05) is 6.54 Å². The lowest BCUT2D eigenvalue weighted by molar-refractivity contribution is 0.161. The minimum atomic E-state index is 0. The van der Waals surface area contributed by atoms with Crippen LogP contribution < -0.4 is 0 Å². The van der Waals surface area contributed by atoms with Crippen LogP contribution in [0.15, 0.2) is 37.0 Å². The molecule has 0 radical (unpaired) electrons. The highest BCUT2D eigenvalue weighted by molar-refractivity contribution is 5.21. The SMILES string of the molecule is C.C=C/C=C(\C=C)CC1CCN(CC2CCCC2)CC1.CC. The molecule has 0 aromatic carbocycles.